The van der Waals surface area contributed by atoms with Crippen molar-refractivity contribution in [2.75, 3.05) is 83.9 Å². The van der Waals surface area contributed by atoms with E-state index in [9.17, 15) is 0 Å². The Morgan fingerprint density at radius 3 is 1.45 bits per heavy atom. The van der Waals surface area contributed by atoms with Crippen LogP contribution in [0.1, 0.15) is 41.0 Å². The molecule has 0 aliphatic heterocycles. The van der Waals surface area contributed by atoms with Gasteiger partial charge < -0.3 is 28.6 Å². The first-order valence-corrected chi connectivity index (χ1v) is 14.2. The Kier molecular flexibility index (Phi) is 23.8. The maximum absolute atomic E-state index is 5.71. The van der Waals surface area contributed by atoms with Crippen molar-refractivity contribution in [2.45, 2.75) is 53.6 Å². The molecule has 2 atom stereocenters. The molecule has 0 spiro atoms. The largest absolute Gasteiger partial charge is 0.380 e. The van der Waals surface area contributed by atoms with E-state index >= 15 is 0 Å². The zero-order valence-corrected chi connectivity index (χ0v) is 21.5. The van der Waals surface area contributed by atoms with Gasteiger partial charge in [0.2, 0.25) is 0 Å². The molecule has 29 heavy (non-hydrogen) atoms. The lowest BCUT2D eigenvalue weighted by molar-refractivity contribution is -0.120. The third-order valence-corrected chi connectivity index (χ3v) is 6.54. The third-order valence-electron chi connectivity index (χ3n) is 4.14. The van der Waals surface area contributed by atoms with Gasteiger partial charge in [0, 0.05) is 65.0 Å². The molecule has 6 nitrogen and oxygen atoms in total. The summed E-state index contributed by atoms with van der Waals surface area (Å²) >= 11 is 0. The van der Waals surface area contributed by atoms with Gasteiger partial charge in [0.25, 0.3) is 0 Å². The summed E-state index contributed by atoms with van der Waals surface area (Å²) in [4.78, 5) is 2.54. The second-order valence-electron chi connectivity index (χ2n) is 6.54. The first-order valence-electron chi connectivity index (χ1n) is 11.4. The molecular weight excluding hydrogens is 408 g/mol. The van der Waals surface area contributed by atoms with Crippen LogP contribution in [0.2, 0.25) is 0 Å². The molecule has 0 aromatic rings. The lowest BCUT2D eigenvalue weighted by Crippen LogP contribution is -2.32. The quantitative estimate of drug-likeness (QED) is 0.132. The highest BCUT2D eigenvalue weighted by Gasteiger charge is 2.11. The van der Waals surface area contributed by atoms with E-state index in [0.29, 0.717) is 26.4 Å². The maximum atomic E-state index is 5.71. The van der Waals surface area contributed by atoms with Crippen LogP contribution in [0.15, 0.2) is 0 Å². The molecule has 0 radical (unpaired) electrons. The van der Waals surface area contributed by atoms with Gasteiger partial charge in [0.1, 0.15) is 0 Å². The summed E-state index contributed by atoms with van der Waals surface area (Å²) in [6, 6.07) is 0. The van der Waals surface area contributed by atoms with Crippen molar-refractivity contribution in [1.82, 2.24) is 4.90 Å². The van der Waals surface area contributed by atoms with Gasteiger partial charge in [-0.2, -0.15) is 0 Å². The van der Waals surface area contributed by atoms with Crippen molar-refractivity contribution in [3.05, 3.63) is 0 Å². The normalized spacial score (nSPS) is 12.8. The summed E-state index contributed by atoms with van der Waals surface area (Å²) in [5.41, 5.74) is 0. The topological polar surface area (TPSA) is 49.4 Å². The van der Waals surface area contributed by atoms with Gasteiger partial charge in [-0.1, -0.05) is 6.92 Å². The van der Waals surface area contributed by atoms with Crippen molar-refractivity contribution < 1.29 is 23.7 Å². The molecule has 0 aliphatic carbocycles. The highest BCUT2D eigenvalue weighted by molar-refractivity contribution is 7.38. The molecular formula is C21H47NO5P2. The van der Waals surface area contributed by atoms with Crippen LogP contribution in [0, 0.1) is 0 Å². The van der Waals surface area contributed by atoms with E-state index in [1.54, 1.807) is 0 Å². The van der Waals surface area contributed by atoms with Gasteiger partial charge in [-0.05, 0) is 46.4 Å². The molecule has 0 rings (SSSR count). The number of rotatable bonds is 23. The summed E-state index contributed by atoms with van der Waals surface area (Å²) in [7, 11) is 1.72. The minimum Gasteiger partial charge on any atom is -0.380 e. The molecule has 0 saturated heterocycles. The van der Waals surface area contributed by atoms with Crippen molar-refractivity contribution in [1.29, 1.82) is 0 Å². The lowest BCUT2D eigenvalue weighted by atomic mass is 10.5. The minimum absolute atomic E-state index is 0.0415. The second kappa shape index (κ2) is 23.3. The van der Waals surface area contributed by atoms with Gasteiger partial charge in [0.05, 0.1) is 6.61 Å². The molecule has 2 unspecified atom stereocenters. The molecule has 0 aromatic carbocycles. The molecule has 0 bridgehead atoms. The summed E-state index contributed by atoms with van der Waals surface area (Å²) in [6.07, 6.45) is 5.36. The van der Waals surface area contributed by atoms with Gasteiger partial charge >= 0.3 is 0 Å². The monoisotopic (exact) mass is 455 g/mol. The van der Waals surface area contributed by atoms with Gasteiger partial charge in [0.15, 0.2) is 12.6 Å². The highest BCUT2D eigenvalue weighted by Crippen LogP contribution is 2.17. The summed E-state index contributed by atoms with van der Waals surface area (Å²) in [5, 5.41) is 0. The first kappa shape index (κ1) is 29.6. The predicted molar refractivity (Wildman–Crippen MR) is 128 cm³/mol. The lowest BCUT2D eigenvalue weighted by Gasteiger charge is -2.23. The number of ether oxygens (including phenoxy) is 5. The van der Waals surface area contributed by atoms with E-state index < -0.39 is 0 Å². The molecule has 0 aromatic heterocycles. The molecule has 8 heteroatoms. The second-order valence-corrected chi connectivity index (χ2v) is 9.36. The molecule has 0 N–H and O–H groups in total. The third kappa shape index (κ3) is 19.1. The fourth-order valence-corrected chi connectivity index (χ4v) is 5.06. The van der Waals surface area contributed by atoms with Gasteiger partial charge in [-0.15, -0.1) is 17.2 Å². The van der Waals surface area contributed by atoms with Crippen LogP contribution in [0.5, 0.6) is 0 Å². The average molecular weight is 456 g/mol. The number of nitrogens with zero attached hydrogens (tertiary/aromatic N) is 1. The van der Waals surface area contributed by atoms with Gasteiger partial charge in [-0.25, -0.2) is 0 Å². The Morgan fingerprint density at radius 1 is 0.621 bits per heavy atom. The van der Waals surface area contributed by atoms with Crippen LogP contribution >= 0.6 is 17.2 Å². The zero-order valence-electron chi connectivity index (χ0n) is 19.5. The van der Waals surface area contributed by atoms with E-state index in [1.165, 1.54) is 12.3 Å². The molecule has 0 amide bonds. The van der Waals surface area contributed by atoms with Crippen molar-refractivity contribution in [3.63, 3.8) is 0 Å². The predicted octanol–water partition coefficient (Wildman–Crippen LogP) is 3.87. The fraction of sp³-hybridized carbons (Fsp3) is 1.00. The van der Waals surface area contributed by atoms with E-state index in [1.807, 2.05) is 27.7 Å². The van der Waals surface area contributed by atoms with E-state index in [0.717, 1.165) is 68.8 Å². The van der Waals surface area contributed by atoms with Crippen LogP contribution in [0.4, 0.5) is 0 Å². The highest BCUT2D eigenvalue weighted by atomic mass is 31.1. The molecule has 0 fully saturated rings. The number of hydrogen-bond acceptors (Lipinski definition) is 6. The van der Waals surface area contributed by atoms with Crippen LogP contribution in [0.25, 0.3) is 0 Å². The fourth-order valence-electron chi connectivity index (χ4n) is 2.77. The van der Waals surface area contributed by atoms with Crippen molar-refractivity contribution in [2.24, 2.45) is 0 Å². The smallest absolute Gasteiger partial charge is 0.161 e. The Morgan fingerprint density at radius 2 is 1.07 bits per heavy atom. The van der Waals surface area contributed by atoms with Crippen LogP contribution in [-0.2, 0) is 23.7 Å². The first-order chi connectivity index (χ1) is 14.2. The molecule has 0 heterocycles. The van der Waals surface area contributed by atoms with E-state index in [-0.39, 0.29) is 12.6 Å². The molecule has 0 saturated carbocycles. The van der Waals surface area contributed by atoms with E-state index in [4.69, 9.17) is 23.7 Å². The van der Waals surface area contributed by atoms with Crippen molar-refractivity contribution in [3.8, 4) is 0 Å². The van der Waals surface area contributed by atoms with E-state index in [2.05, 4.69) is 11.8 Å². The maximum Gasteiger partial charge on any atom is 0.161 e. The standard InChI is InChI=1S/C21H47NO5P2/c1-6-14-23-15-11-22(12-16-28-18-20(24-7-2)25-8-3)13-17-29-19-21(26-9-4)27-10-5/h20-21,28-29H,6-19H2,1-5H3. The number of hydrogen-bond donors (Lipinski definition) is 0. The Labute approximate surface area is 183 Å². The summed E-state index contributed by atoms with van der Waals surface area (Å²) < 4.78 is 28.3. The molecule has 176 valence electrons. The molecule has 0 aliphatic rings. The van der Waals surface area contributed by atoms with Crippen LogP contribution < -0.4 is 0 Å². The SMILES string of the molecule is CCCOCCN(CCPCC(OCC)OCC)CCPCC(OCC)OCC. The Hall–Kier alpha value is 0.620. The average Bonchev–Trinajstić information content (AvgIpc) is 2.71. The Balaban J connectivity index is 4.18. The summed E-state index contributed by atoms with van der Waals surface area (Å²) in [6.45, 7) is 18.0. The van der Waals surface area contributed by atoms with Crippen LogP contribution in [-0.4, -0.2) is 101 Å². The van der Waals surface area contributed by atoms with Crippen molar-refractivity contribution >= 4 is 17.2 Å². The summed E-state index contributed by atoms with van der Waals surface area (Å²) in [5.74, 6) is 0. The zero-order chi connectivity index (χ0) is 21.6. The van der Waals surface area contributed by atoms with Crippen LogP contribution in [0.3, 0.4) is 0 Å². The van der Waals surface area contributed by atoms with Gasteiger partial charge in [-0.3, -0.25) is 0 Å². The Bertz CT molecular complexity index is 293. The minimum atomic E-state index is -0.0415.